The number of aromatic carboxylic acids is 1. The molecular formula is C25H19F3N2O3. The van der Waals surface area contributed by atoms with Crippen LogP contribution >= 0.6 is 0 Å². The number of fused-ring (bicyclic) bond motifs is 1. The average molecular weight is 452 g/mol. The van der Waals surface area contributed by atoms with Gasteiger partial charge in [-0.25, -0.2) is 4.79 Å². The van der Waals surface area contributed by atoms with Gasteiger partial charge in [0.1, 0.15) is 5.69 Å². The second-order valence-electron chi connectivity index (χ2n) is 7.67. The predicted octanol–water partition coefficient (Wildman–Crippen LogP) is 6.12. The molecule has 0 atom stereocenters. The smallest absolute Gasteiger partial charge is 0.417 e. The predicted molar refractivity (Wildman–Crippen MR) is 119 cm³/mol. The van der Waals surface area contributed by atoms with Crippen molar-refractivity contribution in [2.75, 3.05) is 5.32 Å². The Morgan fingerprint density at radius 2 is 1.67 bits per heavy atom. The van der Waals surface area contributed by atoms with Gasteiger partial charge in [-0.1, -0.05) is 42.5 Å². The van der Waals surface area contributed by atoms with Crippen molar-refractivity contribution in [1.29, 1.82) is 0 Å². The number of alkyl halides is 3. The van der Waals surface area contributed by atoms with Crippen molar-refractivity contribution in [2.45, 2.75) is 13.1 Å². The summed E-state index contributed by atoms with van der Waals surface area (Å²) in [4.78, 5) is 24.6. The molecule has 3 aromatic carbocycles. The zero-order valence-corrected chi connectivity index (χ0v) is 17.7. The molecule has 1 aromatic heterocycles. The van der Waals surface area contributed by atoms with Crippen LogP contribution in [0.2, 0.25) is 0 Å². The fraction of sp³-hybridized carbons (Fsp3) is 0.120. The number of amides is 1. The minimum Gasteiger partial charge on any atom is -0.477 e. The van der Waals surface area contributed by atoms with Crippen LogP contribution in [0.15, 0.2) is 66.7 Å². The number of anilines is 1. The van der Waals surface area contributed by atoms with E-state index in [1.165, 1.54) is 41.8 Å². The van der Waals surface area contributed by atoms with Crippen LogP contribution in [0.5, 0.6) is 0 Å². The molecule has 168 valence electrons. The first-order valence-corrected chi connectivity index (χ1v) is 9.98. The highest BCUT2D eigenvalue weighted by Gasteiger charge is 2.38. The van der Waals surface area contributed by atoms with Crippen LogP contribution in [0.4, 0.5) is 18.9 Å². The summed E-state index contributed by atoms with van der Waals surface area (Å²) in [6, 6.07) is 17.4. The first-order valence-electron chi connectivity index (χ1n) is 9.98. The second-order valence-corrected chi connectivity index (χ2v) is 7.67. The minimum absolute atomic E-state index is 0.0536. The maximum absolute atomic E-state index is 14.0. The molecule has 0 saturated heterocycles. The number of carboxylic acids is 1. The number of carbonyl (C=O) groups is 2. The maximum Gasteiger partial charge on any atom is 0.417 e. The third kappa shape index (κ3) is 4.07. The maximum atomic E-state index is 14.0. The van der Waals surface area contributed by atoms with Crippen LogP contribution in [-0.4, -0.2) is 21.6 Å². The molecule has 5 nitrogen and oxygen atoms in total. The van der Waals surface area contributed by atoms with E-state index < -0.39 is 29.2 Å². The highest BCUT2D eigenvalue weighted by atomic mass is 19.4. The minimum atomic E-state index is -4.73. The Hall–Kier alpha value is -4.07. The SMILES string of the molecule is Cc1ccc(-c2ccccc2)c(C(=O)Nc2ccc3c(c2)cc(C(=O)O)n3C)c1C(F)(F)F. The van der Waals surface area contributed by atoms with Gasteiger partial charge in [-0.2, -0.15) is 13.2 Å². The monoisotopic (exact) mass is 452 g/mol. The number of hydrogen-bond acceptors (Lipinski definition) is 2. The van der Waals surface area contributed by atoms with Gasteiger partial charge in [0.15, 0.2) is 0 Å². The van der Waals surface area contributed by atoms with E-state index in [1.54, 1.807) is 43.4 Å². The summed E-state index contributed by atoms with van der Waals surface area (Å²) in [5.41, 5.74) is 0.0570. The molecule has 0 unspecified atom stereocenters. The summed E-state index contributed by atoms with van der Waals surface area (Å²) in [7, 11) is 1.60. The summed E-state index contributed by atoms with van der Waals surface area (Å²) in [5, 5.41) is 12.4. The summed E-state index contributed by atoms with van der Waals surface area (Å²) >= 11 is 0. The molecule has 0 aliphatic rings. The zero-order chi connectivity index (χ0) is 23.9. The lowest BCUT2D eigenvalue weighted by Crippen LogP contribution is -2.21. The van der Waals surface area contributed by atoms with Gasteiger partial charge in [-0.15, -0.1) is 0 Å². The van der Waals surface area contributed by atoms with Crippen LogP contribution in [0.3, 0.4) is 0 Å². The molecular weight excluding hydrogens is 433 g/mol. The fourth-order valence-electron chi connectivity index (χ4n) is 3.99. The van der Waals surface area contributed by atoms with E-state index in [4.69, 9.17) is 0 Å². The Morgan fingerprint density at radius 3 is 2.30 bits per heavy atom. The number of halogens is 3. The molecule has 8 heteroatoms. The van der Waals surface area contributed by atoms with Gasteiger partial charge in [0.05, 0.1) is 11.1 Å². The highest BCUT2D eigenvalue weighted by molar-refractivity contribution is 6.11. The number of aryl methyl sites for hydroxylation is 2. The van der Waals surface area contributed by atoms with Crippen LogP contribution < -0.4 is 5.32 Å². The largest absolute Gasteiger partial charge is 0.477 e. The number of carboxylic acid groups (broad SMARTS) is 1. The van der Waals surface area contributed by atoms with Crippen LogP contribution in [0.1, 0.15) is 32.0 Å². The van der Waals surface area contributed by atoms with E-state index in [2.05, 4.69) is 5.32 Å². The van der Waals surface area contributed by atoms with E-state index in [-0.39, 0.29) is 22.5 Å². The van der Waals surface area contributed by atoms with E-state index >= 15 is 0 Å². The number of aromatic nitrogens is 1. The van der Waals surface area contributed by atoms with Gasteiger partial charge in [-0.3, -0.25) is 4.79 Å². The van der Waals surface area contributed by atoms with Crippen molar-refractivity contribution >= 4 is 28.5 Å². The van der Waals surface area contributed by atoms with Crippen molar-refractivity contribution in [3.05, 3.63) is 89.1 Å². The first-order chi connectivity index (χ1) is 15.6. The highest BCUT2D eigenvalue weighted by Crippen LogP contribution is 2.39. The molecule has 1 amide bonds. The van der Waals surface area contributed by atoms with Gasteiger partial charge in [0, 0.05) is 23.6 Å². The lowest BCUT2D eigenvalue weighted by molar-refractivity contribution is -0.138. The lowest BCUT2D eigenvalue weighted by atomic mass is 9.91. The van der Waals surface area contributed by atoms with Crippen molar-refractivity contribution in [1.82, 2.24) is 4.57 Å². The molecule has 0 aliphatic heterocycles. The third-order valence-corrected chi connectivity index (χ3v) is 5.53. The fourth-order valence-corrected chi connectivity index (χ4v) is 3.99. The average Bonchev–Trinajstić information content (AvgIpc) is 3.09. The van der Waals surface area contributed by atoms with Crippen LogP contribution in [-0.2, 0) is 13.2 Å². The van der Waals surface area contributed by atoms with Gasteiger partial charge >= 0.3 is 12.1 Å². The van der Waals surface area contributed by atoms with E-state index in [9.17, 15) is 27.9 Å². The molecule has 1 heterocycles. The van der Waals surface area contributed by atoms with Crippen molar-refractivity contribution in [2.24, 2.45) is 7.05 Å². The number of carbonyl (C=O) groups excluding carboxylic acids is 1. The number of nitrogens with one attached hydrogen (secondary N) is 1. The Morgan fingerprint density at radius 1 is 0.970 bits per heavy atom. The number of benzene rings is 3. The Labute approximate surface area is 187 Å². The summed E-state index contributed by atoms with van der Waals surface area (Å²) < 4.78 is 43.5. The Kier molecular flexibility index (Phi) is 5.45. The summed E-state index contributed by atoms with van der Waals surface area (Å²) in [5.74, 6) is -2.01. The van der Waals surface area contributed by atoms with Crippen molar-refractivity contribution < 1.29 is 27.9 Å². The molecule has 0 spiro atoms. The molecule has 0 bridgehead atoms. The van der Waals surface area contributed by atoms with Crippen LogP contribution in [0, 0.1) is 6.92 Å². The van der Waals surface area contributed by atoms with Gasteiger partial charge < -0.3 is 15.0 Å². The summed E-state index contributed by atoms with van der Waals surface area (Å²) in [6.07, 6.45) is -4.73. The van der Waals surface area contributed by atoms with Gasteiger partial charge in [-0.05, 0) is 47.9 Å². The Balaban J connectivity index is 1.82. The topological polar surface area (TPSA) is 71.3 Å². The van der Waals surface area contributed by atoms with Crippen LogP contribution in [0.25, 0.3) is 22.0 Å². The zero-order valence-electron chi connectivity index (χ0n) is 17.7. The van der Waals surface area contributed by atoms with Crippen molar-refractivity contribution in [3.8, 4) is 11.1 Å². The normalized spacial score (nSPS) is 11.5. The quantitative estimate of drug-likeness (QED) is 0.392. The molecule has 0 fully saturated rings. The standard InChI is InChI=1S/C25H19F3N2O3/c1-14-8-10-18(15-6-4-3-5-7-15)21(22(14)25(26,27)28)23(31)29-17-9-11-19-16(12-17)13-20(24(32)33)30(19)2/h3-13H,1-2H3,(H,29,31)(H,32,33). The van der Waals surface area contributed by atoms with E-state index in [0.717, 1.165) is 0 Å². The number of rotatable bonds is 4. The molecule has 2 N–H and O–H groups in total. The van der Waals surface area contributed by atoms with Gasteiger partial charge in [0.2, 0.25) is 0 Å². The van der Waals surface area contributed by atoms with Crippen molar-refractivity contribution in [3.63, 3.8) is 0 Å². The number of hydrogen-bond donors (Lipinski definition) is 2. The Bertz CT molecular complexity index is 1390. The van der Waals surface area contributed by atoms with E-state index in [1.807, 2.05) is 0 Å². The van der Waals surface area contributed by atoms with Gasteiger partial charge in [0.25, 0.3) is 5.91 Å². The lowest BCUT2D eigenvalue weighted by Gasteiger charge is -2.19. The molecule has 33 heavy (non-hydrogen) atoms. The van der Waals surface area contributed by atoms with E-state index in [0.29, 0.717) is 16.5 Å². The second kappa shape index (κ2) is 8.12. The molecule has 4 aromatic rings. The molecule has 0 aliphatic carbocycles. The third-order valence-electron chi connectivity index (χ3n) is 5.53. The molecule has 0 radical (unpaired) electrons. The first kappa shape index (κ1) is 22.1. The molecule has 4 rings (SSSR count). The molecule has 0 saturated carbocycles. The summed E-state index contributed by atoms with van der Waals surface area (Å²) in [6.45, 7) is 1.32. The number of nitrogens with zero attached hydrogens (tertiary/aromatic N) is 1.